The second-order valence-electron chi connectivity index (χ2n) is 10.8. The fourth-order valence-electron chi connectivity index (χ4n) is 5.80. The molecule has 0 amide bonds. The summed E-state index contributed by atoms with van der Waals surface area (Å²) in [5.74, 6) is 0.636. The first-order valence-corrected chi connectivity index (χ1v) is 14.6. The Morgan fingerprint density at radius 2 is 1.52 bits per heavy atom. The number of hydrogen-bond acceptors (Lipinski definition) is 4. The maximum absolute atomic E-state index is 15.8. The second kappa shape index (κ2) is 12.6. The lowest BCUT2D eigenvalue weighted by Gasteiger charge is -2.38. The first-order valence-electron chi connectivity index (χ1n) is 14.6. The number of nitrogens with zero attached hydrogens (tertiary/aromatic N) is 4. The number of pyridine rings is 3. The molecule has 0 saturated heterocycles. The number of aryl methyl sites for hydroxylation is 2. The monoisotopic (exact) mass is 532 g/mol. The number of hydrogen-bond donors (Lipinski definition) is 0. The van der Waals surface area contributed by atoms with Crippen LogP contribution in [0.3, 0.4) is 0 Å². The molecule has 1 unspecified atom stereocenters. The molecule has 0 N–H and O–H groups in total. The lowest BCUT2D eigenvalue weighted by atomic mass is 9.82. The minimum absolute atomic E-state index is 0.233. The van der Waals surface area contributed by atoms with Gasteiger partial charge in [-0.25, -0.2) is 9.37 Å². The zero-order valence-corrected chi connectivity index (χ0v) is 23.9. The van der Waals surface area contributed by atoms with Gasteiger partial charge in [0.05, 0.1) is 0 Å². The maximum Gasteiger partial charge on any atom is 0.137 e. The van der Waals surface area contributed by atoms with Crippen LogP contribution < -0.4 is 4.90 Å². The molecule has 1 fully saturated rings. The van der Waals surface area contributed by atoms with Crippen LogP contribution in [0, 0.1) is 11.7 Å². The van der Waals surface area contributed by atoms with Crippen molar-refractivity contribution in [2.75, 3.05) is 4.90 Å². The van der Waals surface area contributed by atoms with Crippen molar-refractivity contribution >= 4 is 13.7 Å². The highest BCUT2D eigenvalue weighted by Crippen LogP contribution is 2.38. The van der Waals surface area contributed by atoms with Crippen molar-refractivity contribution in [1.29, 1.82) is 0 Å². The highest BCUT2D eigenvalue weighted by Gasteiger charge is 2.28. The van der Waals surface area contributed by atoms with Crippen LogP contribution in [0.25, 0.3) is 22.3 Å². The van der Waals surface area contributed by atoms with Crippen LogP contribution in [0.5, 0.6) is 0 Å². The quantitative estimate of drug-likeness (QED) is 0.207. The number of benzene rings is 1. The predicted molar refractivity (Wildman–Crippen MR) is 165 cm³/mol. The zero-order chi connectivity index (χ0) is 28.1. The van der Waals surface area contributed by atoms with E-state index in [9.17, 15) is 0 Å². The number of allylic oxidation sites excluding steroid dienone is 1. The molecule has 3 heterocycles. The summed E-state index contributed by atoms with van der Waals surface area (Å²) in [5, 5.41) is 0. The fourth-order valence-corrected chi connectivity index (χ4v) is 5.80. The third kappa shape index (κ3) is 6.01. The molecule has 1 aliphatic carbocycles. The molecule has 1 aliphatic rings. The molecule has 0 radical (unpaired) electrons. The summed E-state index contributed by atoms with van der Waals surface area (Å²) in [6.45, 7) is 8.78. The topological polar surface area (TPSA) is 41.9 Å². The Labute approximate surface area is 238 Å². The van der Waals surface area contributed by atoms with Crippen molar-refractivity contribution in [2.24, 2.45) is 5.92 Å². The molecule has 3 aromatic heterocycles. The van der Waals surface area contributed by atoms with E-state index in [1.54, 1.807) is 6.07 Å². The third-order valence-corrected chi connectivity index (χ3v) is 8.25. The van der Waals surface area contributed by atoms with E-state index in [4.69, 9.17) is 4.98 Å². The van der Waals surface area contributed by atoms with Crippen LogP contribution >= 0.6 is 0 Å². The normalized spacial score (nSPS) is 14.6. The van der Waals surface area contributed by atoms with E-state index >= 15 is 4.39 Å². The van der Waals surface area contributed by atoms with Crippen molar-refractivity contribution in [3.8, 4) is 22.3 Å². The van der Waals surface area contributed by atoms with Crippen LogP contribution in [0.2, 0.25) is 0 Å². The van der Waals surface area contributed by atoms with Gasteiger partial charge < -0.3 is 4.90 Å². The van der Waals surface area contributed by atoms with Gasteiger partial charge in [0, 0.05) is 52.7 Å². The molecular formula is C34H38BFN4. The van der Waals surface area contributed by atoms with E-state index < -0.39 is 0 Å². The van der Waals surface area contributed by atoms with Crippen LogP contribution in [-0.4, -0.2) is 22.8 Å². The molecular weight excluding hydrogens is 494 g/mol. The van der Waals surface area contributed by atoms with Crippen molar-refractivity contribution in [3.63, 3.8) is 0 Å². The van der Waals surface area contributed by atoms with Gasteiger partial charge in [0.2, 0.25) is 0 Å². The lowest BCUT2D eigenvalue weighted by molar-refractivity contribution is 0.394. The average Bonchev–Trinajstić information content (AvgIpc) is 3.01. The molecule has 4 nitrogen and oxygen atoms in total. The van der Waals surface area contributed by atoms with E-state index in [2.05, 4.69) is 55.3 Å². The first kappa shape index (κ1) is 27.8. The van der Waals surface area contributed by atoms with Crippen LogP contribution in [0.15, 0.2) is 85.5 Å². The van der Waals surface area contributed by atoms with Gasteiger partial charge in [-0.2, -0.15) is 0 Å². The molecule has 1 atom stereocenters. The third-order valence-electron chi connectivity index (χ3n) is 8.25. The van der Waals surface area contributed by atoms with Gasteiger partial charge in [0.15, 0.2) is 0 Å². The van der Waals surface area contributed by atoms with E-state index in [1.165, 1.54) is 19.3 Å². The number of anilines is 1. The molecule has 1 aromatic carbocycles. The molecule has 204 valence electrons. The van der Waals surface area contributed by atoms with Crippen LogP contribution in [0.4, 0.5) is 10.2 Å². The Balaban J connectivity index is 1.52. The Hall–Kier alpha value is -3.80. The molecule has 0 aliphatic heterocycles. The summed E-state index contributed by atoms with van der Waals surface area (Å²) in [7, 11) is 2.06. The minimum Gasteiger partial charge on any atom is -0.331 e. The van der Waals surface area contributed by atoms with Gasteiger partial charge in [-0.3, -0.25) is 9.97 Å². The van der Waals surface area contributed by atoms with Gasteiger partial charge in [0.1, 0.15) is 19.5 Å². The smallest absolute Gasteiger partial charge is 0.137 e. The molecule has 4 aromatic rings. The largest absolute Gasteiger partial charge is 0.331 e. The lowest BCUT2D eigenvalue weighted by Crippen LogP contribution is -2.33. The molecule has 40 heavy (non-hydrogen) atoms. The zero-order valence-electron chi connectivity index (χ0n) is 23.9. The van der Waals surface area contributed by atoms with E-state index in [0.717, 1.165) is 70.8 Å². The highest BCUT2D eigenvalue weighted by molar-refractivity contribution is 6.14. The first-order chi connectivity index (χ1) is 19.5. The summed E-state index contributed by atoms with van der Waals surface area (Å²) in [4.78, 5) is 15.9. The summed E-state index contributed by atoms with van der Waals surface area (Å²) < 4.78 is 15.8. The van der Waals surface area contributed by atoms with Crippen molar-refractivity contribution in [1.82, 2.24) is 15.0 Å². The van der Waals surface area contributed by atoms with Crippen molar-refractivity contribution in [2.45, 2.75) is 64.7 Å². The van der Waals surface area contributed by atoms with E-state index in [-0.39, 0.29) is 11.8 Å². The number of halogens is 1. The highest BCUT2D eigenvalue weighted by atomic mass is 19.1. The summed E-state index contributed by atoms with van der Waals surface area (Å²) in [6.07, 6.45) is 13.2. The molecule has 5 rings (SSSR count). The summed E-state index contributed by atoms with van der Waals surface area (Å²) in [5.41, 5.74) is 7.63. The Bertz CT molecular complexity index is 1460. The van der Waals surface area contributed by atoms with E-state index in [0.29, 0.717) is 11.5 Å². The SMILES string of the molecule is BC(c1ccc(-c2ccc(CC)nc2)cc1F)N(C(=C)C1CCCCC1)c1cc(-c2ccnc(CC)c2)ccn1. The summed E-state index contributed by atoms with van der Waals surface area (Å²) in [6, 6.07) is 17.8. The summed E-state index contributed by atoms with van der Waals surface area (Å²) >= 11 is 0. The predicted octanol–water partition coefficient (Wildman–Crippen LogP) is 7.70. The molecule has 0 bridgehead atoms. The maximum atomic E-state index is 15.8. The molecule has 0 spiro atoms. The Kier molecular flexibility index (Phi) is 8.74. The Morgan fingerprint density at radius 3 is 2.20 bits per heavy atom. The van der Waals surface area contributed by atoms with Crippen LogP contribution in [-0.2, 0) is 12.8 Å². The number of rotatable bonds is 9. The van der Waals surface area contributed by atoms with E-state index in [1.807, 2.05) is 55.0 Å². The fraction of sp³-hybridized carbons (Fsp3) is 0.324. The van der Waals surface area contributed by atoms with Crippen molar-refractivity contribution in [3.05, 3.63) is 108 Å². The standard InChI is InChI=1S/C34H38BFN4/c1-4-29-13-11-28(22-39-29)25-12-14-31(32(36)20-25)34(35)40(23(3)24-9-7-6-8-10-24)33-21-27(16-18-38-33)26-15-17-37-30(5-2)19-26/h11-22,24,34H,3-10,35H2,1-2H3. The molecule has 6 heteroatoms. The van der Waals surface area contributed by atoms with Gasteiger partial charge in [-0.05, 0) is 84.7 Å². The van der Waals surface area contributed by atoms with Gasteiger partial charge in [0.25, 0.3) is 0 Å². The van der Waals surface area contributed by atoms with Crippen molar-refractivity contribution < 1.29 is 4.39 Å². The number of aromatic nitrogens is 3. The second-order valence-corrected chi connectivity index (χ2v) is 10.8. The van der Waals surface area contributed by atoms with Gasteiger partial charge >= 0.3 is 0 Å². The van der Waals surface area contributed by atoms with Gasteiger partial charge in [-0.1, -0.05) is 57.9 Å². The molecule has 1 saturated carbocycles. The van der Waals surface area contributed by atoms with Crippen LogP contribution in [0.1, 0.15) is 68.8 Å². The Morgan fingerprint density at radius 1 is 0.850 bits per heavy atom. The average molecular weight is 533 g/mol. The minimum atomic E-state index is -0.282. The van der Waals surface area contributed by atoms with Gasteiger partial charge in [-0.15, -0.1) is 0 Å².